The van der Waals surface area contributed by atoms with Gasteiger partial charge in [0.05, 0.1) is 0 Å². The fourth-order valence-electron chi connectivity index (χ4n) is 1.92. The van der Waals surface area contributed by atoms with Gasteiger partial charge in [0, 0.05) is 6.42 Å². The van der Waals surface area contributed by atoms with Gasteiger partial charge in [-0.3, -0.25) is 0 Å². The van der Waals surface area contributed by atoms with E-state index in [9.17, 15) is 8.78 Å². The third-order valence-electron chi connectivity index (χ3n) is 2.69. The standard InChI is InChI=1S/C14H13F2/c15-14(16)10-4-8-12-7-3-6-11-5-1-2-9-13(11)12/h1-3,5-7,9H,4,8,10H2. The molecule has 0 bridgehead atoms. The lowest BCUT2D eigenvalue weighted by molar-refractivity contribution is 0.266. The quantitative estimate of drug-likeness (QED) is 0.705. The van der Waals surface area contributed by atoms with Gasteiger partial charge in [0.15, 0.2) is 0 Å². The van der Waals surface area contributed by atoms with Gasteiger partial charge >= 0.3 is 6.43 Å². The van der Waals surface area contributed by atoms with Crippen molar-refractivity contribution in [3.05, 3.63) is 54.5 Å². The van der Waals surface area contributed by atoms with Gasteiger partial charge in [0.2, 0.25) is 0 Å². The summed E-state index contributed by atoms with van der Waals surface area (Å²) in [5.74, 6) is 0. The number of halogens is 2. The smallest absolute Gasteiger partial charge is 0.200 e. The first-order chi connectivity index (χ1) is 7.77. The predicted octanol–water partition coefficient (Wildman–Crippen LogP) is 4.59. The molecule has 83 valence electrons. The van der Waals surface area contributed by atoms with Gasteiger partial charge in [-0.1, -0.05) is 42.5 Å². The second kappa shape index (κ2) is 5.06. The SMILES string of the molecule is F[C](F)CCCc1cccc2ccccc12. The topological polar surface area (TPSA) is 0 Å². The van der Waals surface area contributed by atoms with Crippen LogP contribution in [0.15, 0.2) is 42.5 Å². The minimum atomic E-state index is -1.47. The van der Waals surface area contributed by atoms with Gasteiger partial charge < -0.3 is 0 Å². The summed E-state index contributed by atoms with van der Waals surface area (Å²) in [6, 6.07) is 14.1. The number of fused-ring (bicyclic) bond motifs is 1. The summed E-state index contributed by atoms with van der Waals surface area (Å²) in [6.45, 7) is 0. The molecule has 2 aromatic rings. The first-order valence-electron chi connectivity index (χ1n) is 5.41. The van der Waals surface area contributed by atoms with E-state index in [-0.39, 0.29) is 6.42 Å². The maximum Gasteiger partial charge on any atom is 0.310 e. The molecule has 16 heavy (non-hydrogen) atoms. The number of hydrogen-bond acceptors (Lipinski definition) is 0. The number of benzene rings is 2. The Kier molecular flexibility index (Phi) is 3.50. The largest absolute Gasteiger partial charge is 0.310 e. The van der Waals surface area contributed by atoms with Gasteiger partial charge in [0.1, 0.15) is 0 Å². The Labute approximate surface area is 93.9 Å². The monoisotopic (exact) mass is 219 g/mol. The summed E-state index contributed by atoms with van der Waals surface area (Å²) < 4.78 is 23.9. The Morgan fingerprint density at radius 3 is 2.50 bits per heavy atom. The lowest BCUT2D eigenvalue weighted by atomic mass is 10.0. The maximum atomic E-state index is 12.0. The molecule has 0 aromatic heterocycles. The van der Waals surface area contributed by atoms with Crippen LogP contribution in [0.2, 0.25) is 0 Å². The molecule has 0 saturated heterocycles. The van der Waals surface area contributed by atoms with E-state index in [2.05, 4.69) is 0 Å². The van der Waals surface area contributed by atoms with Gasteiger partial charge in [-0.25, -0.2) is 0 Å². The molecular weight excluding hydrogens is 206 g/mol. The van der Waals surface area contributed by atoms with Crippen LogP contribution in [-0.4, -0.2) is 0 Å². The lowest BCUT2D eigenvalue weighted by Crippen LogP contribution is -1.89. The van der Waals surface area contributed by atoms with Crippen LogP contribution >= 0.6 is 0 Å². The highest BCUT2D eigenvalue weighted by atomic mass is 19.3. The van der Waals surface area contributed by atoms with E-state index < -0.39 is 6.43 Å². The predicted molar refractivity (Wildman–Crippen MR) is 62.3 cm³/mol. The van der Waals surface area contributed by atoms with E-state index in [1.165, 1.54) is 10.8 Å². The molecule has 0 aliphatic carbocycles. The summed E-state index contributed by atoms with van der Waals surface area (Å²) in [7, 11) is 0. The van der Waals surface area contributed by atoms with Crippen molar-refractivity contribution in [1.82, 2.24) is 0 Å². The summed E-state index contributed by atoms with van der Waals surface area (Å²) >= 11 is 0. The molecule has 0 aliphatic heterocycles. The molecule has 0 saturated carbocycles. The molecule has 0 atom stereocenters. The van der Waals surface area contributed by atoms with Crippen LogP contribution in [-0.2, 0) is 6.42 Å². The van der Waals surface area contributed by atoms with Crippen molar-refractivity contribution >= 4 is 10.8 Å². The van der Waals surface area contributed by atoms with Gasteiger partial charge in [0.25, 0.3) is 0 Å². The zero-order chi connectivity index (χ0) is 11.4. The highest BCUT2D eigenvalue weighted by Crippen LogP contribution is 2.21. The van der Waals surface area contributed by atoms with Crippen LogP contribution in [0.1, 0.15) is 18.4 Å². The van der Waals surface area contributed by atoms with Crippen LogP contribution < -0.4 is 0 Å². The van der Waals surface area contributed by atoms with Crippen molar-refractivity contribution in [3.8, 4) is 0 Å². The van der Waals surface area contributed by atoms with Gasteiger partial charge in [-0.2, -0.15) is 8.78 Å². The minimum Gasteiger partial charge on any atom is -0.200 e. The molecular formula is C14H13F2. The number of hydrogen-bond donors (Lipinski definition) is 0. The molecule has 2 aromatic carbocycles. The highest BCUT2D eigenvalue weighted by molar-refractivity contribution is 5.85. The highest BCUT2D eigenvalue weighted by Gasteiger charge is 2.05. The normalized spacial score (nSPS) is 11.2. The first kappa shape index (κ1) is 11.1. The zero-order valence-electron chi connectivity index (χ0n) is 8.92. The van der Waals surface area contributed by atoms with Crippen molar-refractivity contribution in [2.24, 2.45) is 0 Å². The molecule has 0 amide bonds. The molecule has 0 spiro atoms. The molecule has 0 N–H and O–H groups in total. The second-order valence-corrected chi connectivity index (χ2v) is 3.83. The van der Waals surface area contributed by atoms with Crippen molar-refractivity contribution in [2.45, 2.75) is 19.3 Å². The average Bonchev–Trinajstić information content (AvgIpc) is 2.29. The molecule has 0 heterocycles. The molecule has 1 radical (unpaired) electrons. The molecule has 0 nitrogen and oxygen atoms in total. The first-order valence-corrected chi connectivity index (χ1v) is 5.41. The fourth-order valence-corrected chi connectivity index (χ4v) is 1.92. The summed E-state index contributed by atoms with van der Waals surface area (Å²) in [5.41, 5.74) is 1.15. The molecule has 0 fully saturated rings. The maximum absolute atomic E-state index is 12.0. The third-order valence-corrected chi connectivity index (χ3v) is 2.69. The fraction of sp³-hybridized carbons (Fsp3) is 0.214. The minimum absolute atomic E-state index is 0.0940. The molecule has 0 unspecified atom stereocenters. The van der Waals surface area contributed by atoms with Crippen LogP contribution in [0.4, 0.5) is 8.78 Å². The molecule has 0 aliphatic rings. The Morgan fingerprint density at radius 2 is 1.69 bits per heavy atom. The van der Waals surface area contributed by atoms with E-state index in [0.29, 0.717) is 12.8 Å². The number of aryl methyl sites for hydroxylation is 1. The summed E-state index contributed by atoms with van der Waals surface area (Å²) in [4.78, 5) is 0. The van der Waals surface area contributed by atoms with Crippen LogP contribution in [0.25, 0.3) is 10.8 Å². The average molecular weight is 219 g/mol. The van der Waals surface area contributed by atoms with Crippen LogP contribution in [0.5, 0.6) is 0 Å². The van der Waals surface area contributed by atoms with Crippen molar-refractivity contribution in [2.75, 3.05) is 0 Å². The third kappa shape index (κ3) is 2.57. The summed E-state index contributed by atoms with van der Waals surface area (Å²) in [6.07, 6.45) is -0.349. The number of rotatable bonds is 4. The van der Waals surface area contributed by atoms with Crippen molar-refractivity contribution in [1.29, 1.82) is 0 Å². The molecule has 2 rings (SSSR count). The van der Waals surface area contributed by atoms with E-state index in [1.807, 2.05) is 42.5 Å². The van der Waals surface area contributed by atoms with E-state index in [1.54, 1.807) is 0 Å². The Morgan fingerprint density at radius 1 is 0.938 bits per heavy atom. The second-order valence-electron chi connectivity index (χ2n) is 3.83. The van der Waals surface area contributed by atoms with Gasteiger partial charge in [-0.05, 0) is 29.2 Å². The van der Waals surface area contributed by atoms with E-state index in [0.717, 1.165) is 5.56 Å². The van der Waals surface area contributed by atoms with Crippen molar-refractivity contribution in [3.63, 3.8) is 0 Å². The zero-order valence-corrected chi connectivity index (χ0v) is 8.92. The Balaban J connectivity index is 2.17. The Hall–Kier alpha value is -1.44. The van der Waals surface area contributed by atoms with Gasteiger partial charge in [-0.15, -0.1) is 0 Å². The summed E-state index contributed by atoms with van der Waals surface area (Å²) in [5, 5.41) is 2.34. The van der Waals surface area contributed by atoms with Crippen molar-refractivity contribution < 1.29 is 8.78 Å². The van der Waals surface area contributed by atoms with E-state index in [4.69, 9.17) is 0 Å². The van der Waals surface area contributed by atoms with E-state index >= 15 is 0 Å². The molecule has 2 heteroatoms. The van der Waals surface area contributed by atoms with Crippen LogP contribution in [0, 0.1) is 6.43 Å². The lowest BCUT2D eigenvalue weighted by Gasteiger charge is -2.05. The van der Waals surface area contributed by atoms with Crippen LogP contribution in [0.3, 0.4) is 0 Å². The Bertz CT molecular complexity index is 458.